The van der Waals surface area contributed by atoms with E-state index in [4.69, 9.17) is 4.98 Å². The number of amides is 3. The van der Waals surface area contributed by atoms with Gasteiger partial charge in [0, 0.05) is 26.2 Å². The molecule has 0 saturated heterocycles. The first kappa shape index (κ1) is 21.7. The largest absolute Gasteiger partial charge is 0.346 e. The van der Waals surface area contributed by atoms with Gasteiger partial charge in [0.25, 0.3) is 11.8 Å². The zero-order chi connectivity index (χ0) is 22.8. The third-order valence-corrected chi connectivity index (χ3v) is 5.69. The molecule has 1 atom stereocenters. The number of para-hydroxylation sites is 2. The van der Waals surface area contributed by atoms with Crippen LogP contribution in [0.5, 0.6) is 0 Å². The van der Waals surface area contributed by atoms with E-state index in [1.54, 1.807) is 12.1 Å². The molecule has 0 saturated carbocycles. The number of hydrogen-bond donors (Lipinski definition) is 1. The van der Waals surface area contributed by atoms with Gasteiger partial charge in [-0.1, -0.05) is 26.0 Å². The number of imide groups is 1. The molecule has 0 unspecified atom stereocenters. The Bertz CT molecular complexity index is 1150. The molecule has 1 aromatic carbocycles. The lowest BCUT2D eigenvalue weighted by molar-refractivity contribution is -0.122. The standard InChI is InChI=1S/C24H27N5O3/c1-15(2)14-18(22-27-17-9-4-5-10-19(17)28(22)3)26-20(30)11-7-13-29-23(31)16-8-6-12-25-21(16)24(29)32/h4-6,8-10,12,15,18H,7,11,13-14H2,1-3H3,(H,26,30)/t18-/m1/s1. The van der Waals surface area contributed by atoms with Crippen LogP contribution < -0.4 is 5.32 Å². The summed E-state index contributed by atoms with van der Waals surface area (Å²) in [5, 5.41) is 3.11. The second-order valence-electron chi connectivity index (χ2n) is 8.53. The highest BCUT2D eigenvalue weighted by Gasteiger charge is 2.36. The summed E-state index contributed by atoms with van der Waals surface area (Å²) in [7, 11) is 1.96. The van der Waals surface area contributed by atoms with Crippen LogP contribution in [0.25, 0.3) is 11.0 Å². The van der Waals surface area contributed by atoms with Gasteiger partial charge in [-0.2, -0.15) is 0 Å². The van der Waals surface area contributed by atoms with Crippen molar-refractivity contribution >= 4 is 28.8 Å². The van der Waals surface area contributed by atoms with E-state index in [0.29, 0.717) is 17.9 Å². The van der Waals surface area contributed by atoms with Crippen molar-refractivity contribution in [2.45, 2.75) is 39.2 Å². The molecular weight excluding hydrogens is 406 g/mol. The fourth-order valence-electron chi connectivity index (χ4n) is 4.16. The number of carbonyl (C=O) groups is 3. The van der Waals surface area contributed by atoms with Crippen molar-refractivity contribution in [3.63, 3.8) is 0 Å². The molecule has 3 heterocycles. The Morgan fingerprint density at radius 2 is 1.88 bits per heavy atom. The van der Waals surface area contributed by atoms with Gasteiger partial charge in [0.2, 0.25) is 5.91 Å². The van der Waals surface area contributed by atoms with Crippen molar-refractivity contribution < 1.29 is 14.4 Å². The molecule has 1 aliphatic heterocycles. The number of hydrogen-bond acceptors (Lipinski definition) is 5. The zero-order valence-corrected chi connectivity index (χ0v) is 18.5. The van der Waals surface area contributed by atoms with Gasteiger partial charge in [-0.05, 0) is 43.0 Å². The number of pyridine rings is 1. The van der Waals surface area contributed by atoms with Crippen molar-refractivity contribution in [1.82, 2.24) is 24.8 Å². The predicted molar refractivity (Wildman–Crippen MR) is 120 cm³/mol. The average molecular weight is 434 g/mol. The first-order valence-electron chi connectivity index (χ1n) is 10.9. The number of rotatable bonds is 8. The maximum atomic E-state index is 12.7. The van der Waals surface area contributed by atoms with E-state index in [2.05, 4.69) is 24.1 Å². The molecule has 32 heavy (non-hydrogen) atoms. The number of aryl methyl sites for hydroxylation is 1. The molecule has 0 radical (unpaired) electrons. The molecule has 1 aliphatic rings. The van der Waals surface area contributed by atoms with Gasteiger partial charge < -0.3 is 9.88 Å². The van der Waals surface area contributed by atoms with Crippen molar-refractivity contribution in [2.75, 3.05) is 6.54 Å². The predicted octanol–water partition coefficient (Wildman–Crippen LogP) is 3.25. The second kappa shape index (κ2) is 8.90. The van der Waals surface area contributed by atoms with E-state index in [0.717, 1.165) is 23.3 Å². The molecule has 0 spiro atoms. The molecule has 3 amide bonds. The van der Waals surface area contributed by atoms with Crippen LogP contribution >= 0.6 is 0 Å². The molecule has 0 fully saturated rings. The van der Waals surface area contributed by atoms with Crippen LogP contribution in [0.4, 0.5) is 0 Å². The van der Waals surface area contributed by atoms with Gasteiger partial charge in [0.05, 0.1) is 22.6 Å². The SMILES string of the molecule is CC(C)C[C@@H](NC(=O)CCCN1C(=O)c2cccnc2C1=O)c1nc2ccccc2n1C. The summed E-state index contributed by atoms with van der Waals surface area (Å²) in [5.74, 6) is 0.308. The molecule has 4 rings (SSSR count). The van der Waals surface area contributed by atoms with Gasteiger partial charge in [-0.25, -0.2) is 4.98 Å². The fourth-order valence-corrected chi connectivity index (χ4v) is 4.16. The van der Waals surface area contributed by atoms with Crippen molar-refractivity contribution in [2.24, 2.45) is 13.0 Å². The molecule has 3 aromatic rings. The maximum Gasteiger partial charge on any atom is 0.280 e. The highest BCUT2D eigenvalue weighted by Crippen LogP contribution is 2.25. The summed E-state index contributed by atoms with van der Waals surface area (Å²) in [6.45, 7) is 4.40. The van der Waals surface area contributed by atoms with Crippen LogP contribution in [0.3, 0.4) is 0 Å². The quantitative estimate of drug-likeness (QED) is 0.550. The van der Waals surface area contributed by atoms with Crippen molar-refractivity contribution in [3.8, 4) is 0 Å². The summed E-state index contributed by atoms with van der Waals surface area (Å²) in [4.78, 5) is 47.5. The highest BCUT2D eigenvalue weighted by molar-refractivity contribution is 6.20. The van der Waals surface area contributed by atoms with Crippen molar-refractivity contribution in [3.05, 3.63) is 59.7 Å². The van der Waals surface area contributed by atoms with E-state index in [1.807, 2.05) is 35.9 Å². The Labute approximate surface area is 186 Å². The van der Waals surface area contributed by atoms with E-state index in [9.17, 15) is 14.4 Å². The monoisotopic (exact) mass is 433 g/mol. The molecule has 8 nitrogen and oxygen atoms in total. The highest BCUT2D eigenvalue weighted by atomic mass is 16.2. The number of fused-ring (bicyclic) bond motifs is 2. The van der Waals surface area contributed by atoms with Gasteiger partial charge in [0.15, 0.2) is 0 Å². The summed E-state index contributed by atoms with van der Waals surface area (Å²) < 4.78 is 2.02. The minimum Gasteiger partial charge on any atom is -0.346 e. The number of nitrogens with zero attached hydrogens (tertiary/aromatic N) is 4. The fraction of sp³-hybridized carbons (Fsp3) is 0.375. The topological polar surface area (TPSA) is 97.2 Å². The van der Waals surface area contributed by atoms with Crippen molar-refractivity contribution in [1.29, 1.82) is 0 Å². The van der Waals surface area contributed by atoms with Crippen LogP contribution in [0.15, 0.2) is 42.6 Å². The van der Waals surface area contributed by atoms with E-state index >= 15 is 0 Å². The van der Waals surface area contributed by atoms with Gasteiger partial charge in [0.1, 0.15) is 11.5 Å². The van der Waals surface area contributed by atoms with Crippen LogP contribution in [0, 0.1) is 5.92 Å². The summed E-state index contributed by atoms with van der Waals surface area (Å²) in [6.07, 6.45) is 2.84. The smallest absolute Gasteiger partial charge is 0.280 e. The Kier molecular flexibility index (Phi) is 6.03. The van der Waals surface area contributed by atoms with E-state index < -0.39 is 5.91 Å². The Hall–Kier alpha value is -3.55. The number of carbonyl (C=O) groups excluding carboxylic acids is 3. The maximum absolute atomic E-state index is 12.7. The first-order valence-corrected chi connectivity index (χ1v) is 10.9. The Morgan fingerprint density at radius 1 is 1.09 bits per heavy atom. The van der Waals surface area contributed by atoms with Gasteiger partial charge in [-0.3, -0.25) is 24.3 Å². The van der Waals surface area contributed by atoms with E-state index in [1.165, 1.54) is 11.1 Å². The van der Waals surface area contributed by atoms with Gasteiger partial charge in [-0.15, -0.1) is 0 Å². The lowest BCUT2D eigenvalue weighted by Gasteiger charge is -2.21. The summed E-state index contributed by atoms with van der Waals surface area (Å²) in [5.41, 5.74) is 2.42. The molecule has 1 N–H and O–H groups in total. The third kappa shape index (κ3) is 4.12. The molecule has 2 aromatic heterocycles. The van der Waals surface area contributed by atoms with Crippen LogP contribution in [-0.2, 0) is 11.8 Å². The molecule has 166 valence electrons. The number of benzene rings is 1. The van der Waals surface area contributed by atoms with E-state index in [-0.39, 0.29) is 36.5 Å². The Morgan fingerprint density at radius 3 is 2.59 bits per heavy atom. The lowest BCUT2D eigenvalue weighted by atomic mass is 10.0. The first-order chi connectivity index (χ1) is 15.4. The molecular formula is C24H27N5O3. The third-order valence-electron chi connectivity index (χ3n) is 5.69. The lowest BCUT2D eigenvalue weighted by Crippen LogP contribution is -2.34. The molecule has 8 heteroatoms. The number of aromatic nitrogens is 3. The second-order valence-corrected chi connectivity index (χ2v) is 8.53. The summed E-state index contributed by atoms with van der Waals surface area (Å²) in [6, 6.07) is 10.9. The summed E-state index contributed by atoms with van der Waals surface area (Å²) >= 11 is 0. The van der Waals surface area contributed by atoms with Crippen LogP contribution in [0.2, 0.25) is 0 Å². The number of nitrogens with one attached hydrogen (secondary N) is 1. The number of imidazole rings is 1. The minimum atomic E-state index is -0.400. The average Bonchev–Trinajstić information content (AvgIpc) is 3.23. The van der Waals surface area contributed by atoms with Crippen LogP contribution in [-0.4, -0.2) is 43.7 Å². The van der Waals surface area contributed by atoms with Crippen LogP contribution in [0.1, 0.15) is 65.8 Å². The molecule has 0 bridgehead atoms. The zero-order valence-electron chi connectivity index (χ0n) is 18.5. The normalized spacial score (nSPS) is 14.3. The Balaban J connectivity index is 1.40. The minimum absolute atomic E-state index is 0.127. The van der Waals surface area contributed by atoms with Gasteiger partial charge >= 0.3 is 0 Å². The molecule has 0 aliphatic carbocycles.